The summed E-state index contributed by atoms with van der Waals surface area (Å²) in [5.74, 6) is -2.82. The van der Waals surface area contributed by atoms with Crippen LogP contribution in [0.3, 0.4) is 0 Å². The maximum absolute atomic E-state index is 11.9. The van der Waals surface area contributed by atoms with Crippen molar-refractivity contribution in [2.45, 2.75) is 67.9 Å². The van der Waals surface area contributed by atoms with Crippen molar-refractivity contribution in [3.8, 4) is 0 Å². The average Bonchev–Trinajstić information content (AvgIpc) is 2.76. The van der Waals surface area contributed by atoms with E-state index in [1.807, 2.05) is 41.5 Å². The van der Waals surface area contributed by atoms with Crippen LogP contribution in [0.5, 0.6) is 0 Å². The number of hydrogen-bond donors (Lipinski definition) is 1. The van der Waals surface area contributed by atoms with Gasteiger partial charge in [-0.05, 0) is 120 Å². The highest BCUT2D eigenvalue weighted by Gasteiger charge is 2.18. The zero-order chi connectivity index (χ0) is 27.8. The molecule has 2 aromatic rings. The van der Waals surface area contributed by atoms with Crippen LogP contribution >= 0.6 is 0 Å². The largest absolute Gasteiger partial charge is 0.479 e. The molecule has 8 nitrogen and oxygen atoms in total. The zero-order valence-electron chi connectivity index (χ0n) is 22.5. The van der Waals surface area contributed by atoms with E-state index in [0.717, 1.165) is 33.4 Å². The minimum Gasteiger partial charge on any atom is -0.479 e. The van der Waals surface area contributed by atoms with Crippen LogP contribution in [0, 0.1) is 41.5 Å². The van der Waals surface area contributed by atoms with Crippen LogP contribution in [-0.2, 0) is 23.8 Å². The number of benzene rings is 2. The van der Waals surface area contributed by atoms with Gasteiger partial charge in [0.15, 0.2) is 13.2 Å². The molecule has 0 radical (unpaired) electrons. The number of ether oxygens (including phenoxy) is 3. The maximum Gasteiger partial charge on any atom is 0.344 e. The highest BCUT2D eigenvalue weighted by atomic mass is 16.6. The van der Waals surface area contributed by atoms with Gasteiger partial charge >= 0.3 is 23.9 Å². The fourth-order valence-corrected chi connectivity index (χ4v) is 3.10. The number of esters is 3. The van der Waals surface area contributed by atoms with E-state index in [1.54, 1.807) is 45.0 Å². The summed E-state index contributed by atoms with van der Waals surface area (Å²) in [6.07, 6.45) is 0. The van der Waals surface area contributed by atoms with Crippen molar-refractivity contribution >= 4 is 23.9 Å². The Bertz CT molecular complexity index is 1090. The van der Waals surface area contributed by atoms with Gasteiger partial charge in [-0.3, -0.25) is 0 Å². The summed E-state index contributed by atoms with van der Waals surface area (Å²) in [5, 5.41) is 8.39. The van der Waals surface area contributed by atoms with Gasteiger partial charge in [0, 0.05) is 0 Å². The van der Waals surface area contributed by atoms with E-state index in [-0.39, 0.29) is 6.61 Å². The van der Waals surface area contributed by atoms with Crippen LogP contribution in [0.25, 0.3) is 0 Å². The Labute approximate surface area is 212 Å². The molecular formula is C28H36O8. The number of rotatable bonds is 6. The smallest absolute Gasteiger partial charge is 0.344 e. The third kappa shape index (κ3) is 9.90. The molecule has 0 bridgehead atoms. The molecule has 0 unspecified atom stereocenters. The Kier molecular flexibility index (Phi) is 10.8. The lowest BCUT2D eigenvalue weighted by Crippen LogP contribution is -2.27. The number of carboxylic acids is 1. The van der Waals surface area contributed by atoms with Gasteiger partial charge < -0.3 is 19.3 Å². The maximum atomic E-state index is 11.9. The number of carbonyl (C=O) groups excluding carboxylic acids is 3. The lowest BCUT2D eigenvalue weighted by Gasteiger charge is -2.19. The molecule has 0 atom stereocenters. The summed E-state index contributed by atoms with van der Waals surface area (Å²) in [5.41, 5.74) is 6.55. The van der Waals surface area contributed by atoms with E-state index in [0.29, 0.717) is 11.1 Å². The van der Waals surface area contributed by atoms with Crippen LogP contribution in [0.4, 0.5) is 0 Å². The van der Waals surface area contributed by atoms with Crippen LogP contribution < -0.4 is 0 Å². The van der Waals surface area contributed by atoms with E-state index in [4.69, 9.17) is 14.6 Å². The molecule has 2 rings (SSSR count). The Morgan fingerprint density at radius 1 is 0.667 bits per heavy atom. The summed E-state index contributed by atoms with van der Waals surface area (Å²) < 4.78 is 14.6. The SMILES string of the molecule is Cc1cc(C(=O)OCC(=O)O)cc(C)c1C.Cc1cc(C(=O)OCC(=O)OC(C)(C)C)cc(C)c1C. The molecule has 0 aliphatic rings. The predicted molar refractivity (Wildman–Crippen MR) is 135 cm³/mol. The lowest BCUT2D eigenvalue weighted by molar-refractivity contribution is -0.158. The van der Waals surface area contributed by atoms with E-state index in [2.05, 4.69) is 4.74 Å². The van der Waals surface area contributed by atoms with Crippen molar-refractivity contribution in [2.24, 2.45) is 0 Å². The molecule has 0 aliphatic heterocycles. The number of aryl methyl sites for hydroxylation is 4. The summed E-state index contributed by atoms with van der Waals surface area (Å²) in [6, 6.07) is 6.93. The van der Waals surface area contributed by atoms with Crippen LogP contribution in [0.1, 0.15) is 74.9 Å². The number of aliphatic carboxylic acids is 1. The van der Waals surface area contributed by atoms with E-state index in [9.17, 15) is 19.2 Å². The highest BCUT2D eigenvalue weighted by Crippen LogP contribution is 2.17. The van der Waals surface area contributed by atoms with Gasteiger partial charge in [-0.15, -0.1) is 0 Å². The van der Waals surface area contributed by atoms with Crippen LogP contribution in [0.2, 0.25) is 0 Å². The first kappa shape index (κ1) is 30.4. The zero-order valence-corrected chi connectivity index (χ0v) is 22.5. The van der Waals surface area contributed by atoms with E-state index in [1.165, 1.54) is 0 Å². The fourth-order valence-electron chi connectivity index (χ4n) is 3.10. The Hall–Kier alpha value is -3.68. The number of carbonyl (C=O) groups is 4. The summed E-state index contributed by atoms with van der Waals surface area (Å²) >= 11 is 0. The Morgan fingerprint density at radius 3 is 1.31 bits per heavy atom. The van der Waals surface area contributed by atoms with Crippen molar-refractivity contribution in [3.05, 3.63) is 68.8 Å². The van der Waals surface area contributed by atoms with Crippen LogP contribution in [0.15, 0.2) is 24.3 Å². The minimum absolute atomic E-state index is 0.373. The second-order valence-corrected chi connectivity index (χ2v) is 9.60. The van der Waals surface area contributed by atoms with Gasteiger partial charge in [0.25, 0.3) is 0 Å². The van der Waals surface area contributed by atoms with Gasteiger partial charge in [0.2, 0.25) is 0 Å². The lowest BCUT2D eigenvalue weighted by atomic mass is 10.0. The molecule has 8 heteroatoms. The van der Waals surface area contributed by atoms with Gasteiger partial charge in [-0.1, -0.05) is 0 Å². The average molecular weight is 501 g/mol. The molecule has 0 aliphatic carbocycles. The monoisotopic (exact) mass is 500 g/mol. The molecule has 36 heavy (non-hydrogen) atoms. The third-order valence-electron chi connectivity index (χ3n) is 5.39. The Balaban J connectivity index is 0.000000369. The normalized spacial score (nSPS) is 10.6. The van der Waals surface area contributed by atoms with Crippen molar-refractivity contribution in [2.75, 3.05) is 13.2 Å². The molecule has 196 valence electrons. The molecule has 0 spiro atoms. The molecule has 0 saturated carbocycles. The van der Waals surface area contributed by atoms with Crippen molar-refractivity contribution in [1.82, 2.24) is 0 Å². The third-order valence-corrected chi connectivity index (χ3v) is 5.39. The summed E-state index contributed by atoms with van der Waals surface area (Å²) in [4.78, 5) is 45.1. The van der Waals surface area contributed by atoms with Gasteiger partial charge in [0.1, 0.15) is 5.60 Å². The first-order chi connectivity index (χ1) is 16.5. The Morgan fingerprint density at radius 2 is 1.00 bits per heavy atom. The van der Waals surface area contributed by atoms with E-state index < -0.39 is 36.1 Å². The standard InChI is InChI=1S/C16H22O4.C12H14O4/c1-10-7-13(8-11(2)12(10)3)15(18)19-9-14(17)20-16(4,5)6;1-7-4-10(5-8(2)9(7)3)12(15)16-6-11(13)14/h7-8H,9H2,1-6H3;4-5H,6H2,1-3H3,(H,13,14). The molecule has 0 aromatic heterocycles. The quantitative estimate of drug-likeness (QED) is 0.437. The predicted octanol–water partition coefficient (Wildman–Crippen LogP) is 4.96. The second-order valence-electron chi connectivity index (χ2n) is 9.60. The number of carboxylic acid groups (broad SMARTS) is 1. The van der Waals surface area contributed by atoms with Crippen molar-refractivity contribution in [1.29, 1.82) is 0 Å². The van der Waals surface area contributed by atoms with E-state index >= 15 is 0 Å². The molecule has 0 fully saturated rings. The molecule has 1 N–H and O–H groups in total. The van der Waals surface area contributed by atoms with Gasteiger partial charge in [0.05, 0.1) is 11.1 Å². The topological polar surface area (TPSA) is 116 Å². The first-order valence-corrected chi connectivity index (χ1v) is 11.5. The fraction of sp³-hybridized carbons (Fsp3) is 0.429. The highest BCUT2D eigenvalue weighted by molar-refractivity contribution is 5.92. The van der Waals surface area contributed by atoms with Crippen LogP contribution in [-0.4, -0.2) is 47.8 Å². The number of hydrogen-bond acceptors (Lipinski definition) is 7. The van der Waals surface area contributed by atoms with Crippen molar-refractivity contribution < 1.29 is 38.5 Å². The first-order valence-electron chi connectivity index (χ1n) is 11.5. The van der Waals surface area contributed by atoms with Gasteiger partial charge in [-0.25, -0.2) is 19.2 Å². The summed E-state index contributed by atoms with van der Waals surface area (Å²) in [7, 11) is 0. The second kappa shape index (κ2) is 12.9. The summed E-state index contributed by atoms with van der Waals surface area (Å²) in [6.45, 7) is 16.0. The van der Waals surface area contributed by atoms with Gasteiger partial charge in [-0.2, -0.15) is 0 Å². The molecule has 2 aromatic carbocycles. The van der Waals surface area contributed by atoms with Crippen molar-refractivity contribution in [3.63, 3.8) is 0 Å². The molecule has 0 saturated heterocycles. The minimum atomic E-state index is -1.16. The molecule has 0 amide bonds. The molecular weight excluding hydrogens is 464 g/mol. The molecule has 0 heterocycles.